The molecule has 0 saturated carbocycles. The molecule has 2 N–H and O–H groups in total. The molecule has 8 heterocycles. The van der Waals surface area contributed by atoms with Gasteiger partial charge in [0.15, 0.2) is 46.3 Å². The lowest BCUT2D eigenvalue weighted by molar-refractivity contribution is -0.670. The van der Waals surface area contributed by atoms with Crippen molar-refractivity contribution in [3.8, 4) is 0 Å². The van der Waals surface area contributed by atoms with E-state index in [0.29, 0.717) is 24.2 Å². The van der Waals surface area contributed by atoms with Crippen LogP contribution in [0.2, 0.25) is 0 Å². The summed E-state index contributed by atoms with van der Waals surface area (Å²) in [6, 6.07) is 11.5. The van der Waals surface area contributed by atoms with Gasteiger partial charge in [0.2, 0.25) is 11.8 Å². The topological polar surface area (TPSA) is 132 Å². The van der Waals surface area contributed by atoms with Crippen LogP contribution >= 0.6 is 0 Å². The van der Waals surface area contributed by atoms with Gasteiger partial charge in [-0.3, -0.25) is 9.59 Å². The zero-order valence-electron chi connectivity index (χ0n) is 46.1. The largest absolute Gasteiger partial charge is 0.325 e. The average molecular weight is 947 g/mol. The van der Waals surface area contributed by atoms with Gasteiger partial charge in [-0.05, 0) is 35.0 Å². The van der Waals surface area contributed by atoms with Crippen molar-refractivity contribution >= 4 is 34.0 Å². The standard InChI is InChI=1S/C56H86N2O10/c1-41(2,3)49-31-50(42(4,5)6)63-53(61-49,45(13,14)15)37(54(62-49,64-50)46(16,17)18)39(59)57-35-27-25-33-26-28-36(30-34(33)29-35)58-40(60)38-55(47(19,20)21)65-51(43(7,8)9)32-52(67-55,44(10,11)12)68-56(38,66-51)48(22,23)24/h25-30,37-38H,31-32H2,1-24H3,(H,57,59)(H,58,60). The molecule has 0 spiro atoms. The summed E-state index contributed by atoms with van der Waals surface area (Å²) in [5.41, 5.74) is -3.84. The smallest absolute Gasteiger partial charge is 0.238 e. The molecule has 8 bridgehead atoms. The number of ether oxygens (including phenoxy) is 8. The first kappa shape index (κ1) is 51.7. The summed E-state index contributed by atoms with van der Waals surface area (Å²) in [6.45, 7) is 50.2. The summed E-state index contributed by atoms with van der Waals surface area (Å²) in [7, 11) is 0. The van der Waals surface area contributed by atoms with Crippen LogP contribution in [0.3, 0.4) is 0 Å². The number of amides is 2. The molecule has 8 aliphatic heterocycles. The third-order valence-electron chi connectivity index (χ3n) is 16.6. The van der Waals surface area contributed by atoms with Gasteiger partial charge in [-0.1, -0.05) is 178 Å². The quantitative estimate of drug-likeness (QED) is 0.305. The van der Waals surface area contributed by atoms with Crippen LogP contribution in [0.15, 0.2) is 36.4 Å². The Bertz CT molecular complexity index is 2100. The molecular weight excluding hydrogens is 861 g/mol. The monoisotopic (exact) mass is 947 g/mol. The number of rotatable bonds is 4. The van der Waals surface area contributed by atoms with E-state index in [2.05, 4.69) is 177 Å². The van der Waals surface area contributed by atoms with Crippen molar-refractivity contribution in [1.29, 1.82) is 0 Å². The zero-order valence-corrected chi connectivity index (χ0v) is 46.1. The molecule has 12 nitrogen and oxygen atoms in total. The van der Waals surface area contributed by atoms with E-state index in [1.807, 2.05) is 36.4 Å². The van der Waals surface area contributed by atoms with Crippen molar-refractivity contribution in [2.24, 2.45) is 55.2 Å². The Morgan fingerprint density at radius 3 is 0.779 bits per heavy atom. The second-order valence-corrected chi connectivity index (χ2v) is 29.5. The molecule has 2 aromatic rings. The van der Waals surface area contributed by atoms with Crippen molar-refractivity contribution in [3.05, 3.63) is 36.4 Å². The van der Waals surface area contributed by atoms with Crippen LogP contribution < -0.4 is 10.6 Å². The Morgan fingerprint density at radius 1 is 0.368 bits per heavy atom. The molecule has 0 aromatic heterocycles. The summed E-state index contributed by atoms with van der Waals surface area (Å²) in [5.74, 6) is -13.2. The normalized spacial score (nSPS) is 38.6. The molecule has 8 aliphatic rings. The molecule has 0 aliphatic carbocycles. The van der Waals surface area contributed by atoms with E-state index in [-0.39, 0.29) is 11.8 Å². The molecule has 8 saturated heterocycles. The van der Waals surface area contributed by atoms with Crippen molar-refractivity contribution in [2.45, 2.75) is 225 Å². The maximum Gasteiger partial charge on any atom is 0.238 e. The van der Waals surface area contributed by atoms with E-state index in [0.717, 1.165) is 10.8 Å². The van der Waals surface area contributed by atoms with Gasteiger partial charge in [0.05, 0.1) is 12.8 Å². The second kappa shape index (κ2) is 14.1. The second-order valence-electron chi connectivity index (χ2n) is 29.5. The Labute approximate surface area is 407 Å². The molecule has 12 heteroatoms. The molecule has 8 fully saturated rings. The van der Waals surface area contributed by atoms with E-state index in [1.54, 1.807) is 0 Å². The number of carbonyl (C=O) groups is 2. The van der Waals surface area contributed by atoms with Gasteiger partial charge in [-0.15, -0.1) is 0 Å². The van der Waals surface area contributed by atoms with Gasteiger partial charge >= 0.3 is 0 Å². The number of carbonyl (C=O) groups excluding carboxylic acids is 2. The van der Waals surface area contributed by atoms with Crippen LogP contribution in [-0.2, 0) is 47.5 Å². The summed E-state index contributed by atoms with van der Waals surface area (Å²) < 4.78 is 58.3. The van der Waals surface area contributed by atoms with Gasteiger partial charge in [-0.25, -0.2) is 0 Å². The lowest BCUT2D eigenvalue weighted by atomic mass is 9.59. The third kappa shape index (κ3) is 6.72. The van der Waals surface area contributed by atoms with E-state index in [9.17, 15) is 0 Å². The van der Waals surface area contributed by atoms with Gasteiger partial charge < -0.3 is 48.5 Å². The third-order valence-corrected chi connectivity index (χ3v) is 16.6. The van der Waals surface area contributed by atoms with Crippen LogP contribution in [0, 0.1) is 55.2 Å². The Kier molecular flexibility index (Phi) is 10.7. The van der Waals surface area contributed by atoms with Crippen LogP contribution in [0.25, 0.3) is 10.8 Å². The molecular formula is C56H86N2O10. The van der Waals surface area contributed by atoms with Gasteiger partial charge in [0, 0.05) is 54.7 Å². The number of benzene rings is 2. The molecule has 0 radical (unpaired) electrons. The fraction of sp³-hybridized carbons (Fsp3) is 0.786. The highest BCUT2D eigenvalue weighted by Crippen LogP contribution is 2.75. The highest BCUT2D eigenvalue weighted by atomic mass is 17.0. The van der Waals surface area contributed by atoms with Crippen molar-refractivity contribution in [3.63, 3.8) is 0 Å². The van der Waals surface area contributed by atoms with Gasteiger partial charge in [0.1, 0.15) is 11.8 Å². The number of hydrogen-bond donors (Lipinski definition) is 2. The molecule has 10 rings (SSSR count). The van der Waals surface area contributed by atoms with Crippen LogP contribution in [-0.4, -0.2) is 58.1 Å². The van der Waals surface area contributed by atoms with Crippen molar-refractivity contribution in [1.82, 2.24) is 0 Å². The van der Waals surface area contributed by atoms with Crippen LogP contribution in [0.4, 0.5) is 11.4 Å². The summed E-state index contributed by atoms with van der Waals surface area (Å²) in [4.78, 5) is 30.8. The minimum absolute atomic E-state index is 0.338. The van der Waals surface area contributed by atoms with Gasteiger partial charge in [0.25, 0.3) is 0 Å². The minimum Gasteiger partial charge on any atom is -0.325 e. The molecule has 0 unspecified atom stereocenters. The first-order valence-electron chi connectivity index (χ1n) is 25.0. The van der Waals surface area contributed by atoms with Crippen molar-refractivity contribution in [2.75, 3.05) is 10.6 Å². The number of anilines is 2. The maximum atomic E-state index is 15.4. The van der Waals surface area contributed by atoms with E-state index in [4.69, 9.17) is 37.9 Å². The van der Waals surface area contributed by atoms with E-state index >= 15 is 9.59 Å². The molecule has 380 valence electrons. The fourth-order valence-electron chi connectivity index (χ4n) is 11.8. The Hall–Kier alpha value is -2.68. The van der Waals surface area contributed by atoms with Crippen molar-refractivity contribution < 1.29 is 47.5 Å². The fourth-order valence-corrected chi connectivity index (χ4v) is 11.8. The first-order chi connectivity index (χ1) is 30.3. The highest BCUT2D eigenvalue weighted by Gasteiger charge is 2.88. The van der Waals surface area contributed by atoms with E-state index < -0.39 is 101 Å². The molecule has 2 aromatic carbocycles. The first-order valence-corrected chi connectivity index (χ1v) is 25.0. The zero-order chi connectivity index (χ0) is 51.3. The molecule has 0 atom stereocenters. The lowest BCUT2D eigenvalue weighted by Gasteiger charge is -2.78. The Balaban J connectivity index is 1.18. The average Bonchev–Trinajstić information content (AvgIpc) is 3.10. The molecule has 2 amide bonds. The van der Waals surface area contributed by atoms with Gasteiger partial charge in [-0.2, -0.15) is 0 Å². The number of nitrogens with one attached hydrogen (secondary N) is 2. The Morgan fingerprint density at radius 2 is 0.588 bits per heavy atom. The van der Waals surface area contributed by atoms with Crippen LogP contribution in [0.1, 0.15) is 179 Å². The highest BCUT2D eigenvalue weighted by molar-refractivity contribution is 6.00. The number of hydrogen-bond acceptors (Lipinski definition) is 10. The lowest BCUT2D eigenvalue weighted by Crippen LogP contribution is -2.90. The predicted molar refractivity (Wildman–Crippen MR) is 264 cm³/mol. The minimum atomic E-state index is -1.46. The summed E-state index contributed by atoms with van der Waals surface area (Å²) in [6.07, 6.45) is 0.677. The molecule has 68 heavy (non-hydrogen) atoms. The summed E-state index contributed by atoms with van der Waals surface area (Å²) in [5, 5.41) is 8.24. The summed E-state index contributed by atoms with van der Waals surface area (Å²) >= 11 is 0. The van der Waals surface area contributed by atoms with E-state index in [1.165, 1.54) is 0 Å². The maximum absolute atomic E-state index is 15.4. The predicted octanol–water partition coefficient (Wildman–Crippen LogP) is 12.9. The number of fused-ring (bicyclic) bond motifs is 1. The van der Waals surface area contributed by atoms with Crippen LogP contribution in [0.5, 0.6) is 0 Å². The SMILES string of the molecule is CC(C)(C)C12CC3(C(C)(C)C)OC(C(C)(C)C)(O1)C(C(=O)Nc1ccc4ccc(NC(=O)C5C6(C(C)(C)C)OC7(C(C)(C)C)CC(C(C)(C)C)(O6)OC5(C(C)(C)C)O7)cc4c1)C(C(C)(C)C)(O2)O3.